The summed E-state index contributed by atoms with van der Waals surface area (Å²) in [5.41, 5.74) is 9.42. The third kappa shape index (κ3) is 3.68. The molecule has 0 spiro atoms. The molecule has 108 valence electrons. The lowest BCUT2D eigenvalue weighted by molar-refractivity contribution is -0.114. The lowest BCUT2D eigenvalue weighted by atomic mass is 9.98. The van der Waals surface area contributed by atoms with Crippen molar-refractivity contribution in [2.24, 2.45) is 5.73 Å². The fraction of sp³-hybridized carbons (Fsp3) is 0.438. The van der Waals surface area contributed by atoms with Gasteiger partial charge in [0.05, 0.1) is 6.17 Å². The third-order valence-electron chi connectivity index (χ3n) is 3.68. The number of hydrogen-bond donors (Lipinski definition) is 2. The van der Waals surface area contributed by atoms with Crippen molar-refractivity contribution < 1.29 is 4.79 Å². The normalized spacial score (nSPS) is 17.4. The Bertz CT molecular complexity index is 510. The lowest BCUT2D eigenvalue weighted by Crippen LogP contribution is -2.43. The third-order valence-corrected chi connectivity index (χ3v) is 3.68. The zero-order chi connectivity index (χ0) is 14.5. The number of rotatable bonds is 4. The van der Waals surface area contributed by atoms with Crippen molar-refractivity contribution in [3.05, 3.63) is 35.9 Å². The molecule has 4 heteroatoms. The number of carbonyl (C=O) groups is 1. The number of nitrogens with two attached hydrogens (primary N) is 1. The van der Waals surface area contributed by atoms with Crippen molar-refractivity contribution in [1.82, 2.24) is 4.90 Å². The molecule has 1 aromatic carbocycles. The summed E-state index contributed by atoms with van der Waals surface area (Å²) >= 11 is 0. The second-order valence-corrected chi connectivity index (χ2v) is 5.21. The molecule has 0 radical (unpaired) electrons. The van der Waals surface area contributed by atoms with Crippen LogP contribution in [0.5, 0.6) is 0 Å². The second kappa shape index (κ2) is 6.68. The molecule has 20 heavy (non-hydrogen) atoms. The van der Waals surface area contributed by atoms with Crippen molar-refractivity contribution in [1.29, 1.82) is 0 Å². The van der Waals surface area contributed by atoms with Crippen molar-refractivity contribution >= 4 is 17.2 Å². The van der Waals surface area contributed by atoms with Gasteiger partial charge in [0.2, 0.25) is 5.91 Å². The van der Waals surface area contributed by atoms with Gasteiger partial charge in [-0.15, -0.1) is 0 Å². The van der Waals surface area contributed by atoms with Crippen LogP contribution in [-0.4, -0.2) is 30.1 Å². The monoisotopic (exact) mass is 273 g/mol. The van der Waals surface area contributed by atoms with Crippen LogP contribution in [0.25, 0.3) is 5.57 Å². The van der Waals surface area contributed by atoms with Crippen LogP contribution >= 0.6 is 0 Å². The molecule has 1 aromatic rings. The van der Waals surface area contributed by atoms with E-state index in [-0.39, 0.29) is 12.1 Å². The van der Waals surface area contributed by atoms with Crippen molar-refractivity contribution in [2.75, 3.05) is 18.4 Å². The molecule has 3 N–H and O–H groups in total. The molecule has 1 aliphatic rings. The number of hydrogen-bond acceptors (Lipinski definition) is 3. The van der Waals surface area contributed by atoms with Crippen molar-refractivity contribution in [3.8, 4) is 0 Å². The Morgan fingerprint density at radius 2 is 2.30 bits per heavy atom. The smallest absolute Gasteiger partial charge is 0.221 e. The van der Waals surface area contributed by atoms with Gasteiger partial charge in [-0.25, -0.2) is 0 Å². The van der Waals surface area contributed by atoms with Crippen molar-refractivity contribution in [3.63, 3.8) is 0 Å². The zero-order valence-corrected chi connectivity index (χ0v) is 12.2. The highest BCUT2D eigenvalue weighted by Crippen LogP contribution is 2.25. The molecule has 1 atom stereocenters. The van der Waals surface area contributed by atoms with Crippen molar-refractivity contribution in [2.45, 2.75) is 32.9 Å². The first-order valence-electron chi connectivity index (χ1n) is 7.17. The van der Waals surface area contributed by atoms with E-state index >= 15 is 0 Å². The summed E-state index contributed by atoms with van der Waals surface area (Å²) in [4.78, 5) is 13.4. The first kappa shape index (κ1) is 14.8. The van der Waals surface area contributed by atoms with E-state index in [2.05, 4.69) is 29.3 Å². The average molecular weight is 273 g/mol. The van der Waals surface area contributed by atoms with E-state index in [1.54, 1.807) is 0 Å². The maximum Gasteiger partial charge on any atom is 0.221 e. The number of benzene rings is 1. The molecule has 0 bridgehead atoms. The average Bonchev–Trinajstić information content (AvgIpc) is 2.46. The Balaban J connectivity index is 2.09. The summed E-state index contributed by atoms with van der Waals surface area (Å²) in [6.45, 7) is 5.53. The van der Waals surface area contributed by atoms with Gasteiger partial charge in [0.25, 0.3) is 0 Å². The standard InChI is InChI=1S/C16H23N3O/c1-3-16(17)19-9-7-13(8-10-19)14-5-4-6-15(11-14)18-12(2)20/h4-7,11,16H,3,8-10,17H2,1-2H3,(H,18,20). The van der Waals surface area contributed by atoms with E-state index in [4.69, 9.17) is 5.73 Å². The van der Waals surface area contributed by atoms with Crippen LogP contribution in [0.1, 0.15) is 32.3 Å². The number of nitrogens with zero attached hydrogens (tertiary/aromatic N) is 1. The highest BCUT2D eigenvalue weighted by molar-refractivity contribution is 5.89. The van der Waals surface area contributed by atoms with Gasteiger partial charge in [-0.3, -0.25) is 9.69 Å². The number of nitrogens with one attached hydrogen (secondary N) is 1. The van der Waals surface area contributed by atoms with E-state index in [1.165, 1.54) is 18.1 Å². The van der Waals surface area contributed by atoms with E-state index in [9.17, 15) is 4.79 Å². The van der Waals surface area contributed by atoms with Gasteiger partial charge in [-0.2, -0.15) is 0 Å². The molecule has 2 rings (SSSR count). The second-order valence-electron chi connectivity index (χ2n) is 5.21. The van der Waals surface area contributed by atoms with Gasteiger partial charge in [0.1, 0.15) is 0 Å². The number of carbonyl (C=O) groups excluding carboxylic acids is 1. The summed E-state index contributed by atoms with van der Waals surface area (Å²) in [6.07, 6.45) is 4.36. The van der Waals surface area contributed by atoms with Crippen LogP contribution in [-0.2, 0) is 4.79 Å². The van der Waals surface area contributed by atoms with Crippen LogP contribution < -0.4 is 11.1 Å². The summed E-state index contributed by atoms with van der Waals surface area (Å²) in [5, 5.41) is 2.82. The molecule has 0 aliphatic carbocycles. The highest BCUT2D eigenvalue weighted by atomic mass is 16.1. The summed E-state index contributed by atoms with van der Waals surface area (Å²) in [7, 11) is 0. The molecule has 0 saturated carbocycles. The Morgan fingerprint density at radius 1 is 1.50 bits per heavy atom. The summed E-state index contributed by atoms with van der Waals surface area (Å²) < 4.78 is 0. The van der Waals surface area contributed by atoms with Gasteiger partial charge in [-0.05, 0) is 36.1 Å². The molecule has 0 aromatic heterocycles. The van der Waals surface area contributed by atoms with Gasteiger partial charge < -0.3 is 11.1 Å². The molecule has 0 fully saturated rings. The minimum Gasteiger partial charge on any atom is -0.326 e. The Morgan fingerprint density at radius 3 is 2.90 bits per heavy atom. The van der Waals surface area contributed by atoms with Gasteiger partial charge in [0.15, 0.2) is 0 Å². The predicted octanol–water partition coefficient (Wildman–Crippen LogP) is 2.43. The van der Waals surface area contributed by atoms with E-state index < -0.39 is 0 Å². The Kier molecular flexibility index (Phi) is 4.93. The first-order chi connectivity index (χ1) is 9.60. The molecular weight excluding hydrogens is 250 g/mol. The minimum atomic E-state index is -0.0418. The van der Waals surface area contributed by atoms with Gasteiger partial charge in [0, 0.05) is 25.7 Å². The number of anilines is 1. The van der Waals surface area contributed by atoms with E-state index in [0.29, 0.717) is 0 Å². The SMILES string of the molecule is CCC(N)N1CC=C(c2cccc(NC(C)=O)c2)CC1. The molecule has 1 amide bonds. The Hall–Kier alpha value is -1.65. The Labute approximate surface area is 120 Å². The molecule has 1 heterocycles. The molecule has 1 unspecified atom stereocenters. The fourth-order valence-corrected chi connectivity index (χ4v) is 2.51. The van der Waals surface area contributed by atoms with Gasteiger partial charge >= 0.3 is 0 Å². The van der Waals surface area contributed by atoms with E-state index in [1.807, 2.05) is 18.2 Å². The molecule has 4 nitrogen and oxygen atoms in total. The van der Waals surface area contributed by atoms with E-state index in [0.717, 1.165) is 31.6 Å². The van der Waals surface area contributed by atoms with Gasteiger partial charge in [-0.1, -0.05) is 25.1 Å². The van der Waals surface area contributed by atoms with Crippen LogP contribution in [0, 0.1) is 0 Å². The fourth-order valence-electron chi connectivity index (χ4n) is 2.51. The number of amides is 1. The predicted molar refractivity (Wildman–Crippen MR) is 83.2 cm³/mol. The molecular formula is C16H23N3O. The minimum absolute atomic E-state index is 0.0418. The molecule has 1 aliphatic heterocycles. The lowest BCUT2D eigenvalue weighted by Gasteiger charge is -2.31. The highest BCUT2D eigenvalue weighted by Gasteiger charge is 2.17. The summed E-state index contributed by atoms with van der Waals surface area (Å²) in [6, 6.07) is 8.01. The maximum absolute atomic E-state index is 11.1. The largest absolute Gasteiger partial charge is 0.326 e. The quantitative estimate of drug-likeness (QED) is 0.886. The summed E-state index contributed by atoms with van der Waals surface area (Å²) in [5.74, 6) is -0.0418. The van der Waals surface area contributed by atoms with Crippen LogP contribution in [0.15, 0.2) is 30.3 Å². The maximum atomic E-state index is 11.1. The van der Waals surface area contributed by atoms with Crippen LogP contribution in [0.4, 0.5) is 5.69 Å². The zero-order valence-electron chi connectivity index (χ0n) is 12.2. The van der Waals surface area contributed by atoms with Crippen LogP contribution in [0.3, 0.4) is 0 Å². The molecule has 0 saturated heterocycles. The van der Waals surface area contributed by atoms with Crippen LogP contribution in [0.2, 0.25) is 0 Å². The first-order valence-corrected chi connectivity index (χ1v) is 7.17. The topological polar surface area (TPSA) is 58.4 Å².